The second-order valence-electron chi connectivity index (χ2n) is 8.52. The van der Waals surface area contributed by atoms with Gasteiger partial charge < -0.3 is 19.5 Å². The SMILES string of the molecule is COc1ccc(CN2C(=O)C(=O)/C(=C(\O)c3cccc(Cl)c3)C2c2cccc(OC(C)C)c2)cc1. The molecule has 3 aromatic carbocycles. The third kappa shape index (κ3) is 5.17. The van der Waals surface area contributed by atoms with Gasteiger partial charge in [-0.3, -0.25) is 9.59 Å². The molecule has 7 heteroatoms. The lowest BCUT2D eigenvalue weighted by Gasteiger charge is -2.26. The number of benzene rings is 3. The fourth-order valence-corrected chi connectivity index (χ4v) is 4.33. The van der Waals surface area contributed by atoms with E-state index in [-0.39, 0.29) is 24.0 Å². The fourth-order valence-electron chi connectivity index (χ4n) is 4.14. The first-order valence-corrected chi connectivity index (χ1v) is 11.6. The molecular formula is C28H26ClNO5. The predicted octanol–water partition coefficient (Wildman–Crippen LogP) is 5.76. The quantitative estimate of drug-likeness (QED) is 0.258. The molecule has 1 aliphatic rings. The molecule has 0 saturated carbocycles. The molecule has 0 spiro atoms. The summed E-state index contributed by atoms with van der Waals surface area (Å²) in [4.78, 5) is 28.0. The van der Waals surface area contributed by atoms with Crippen molar-refractivity contribution in [1.82, 2.24) is 4.90 Å². The highest BCUT2D eigenvalue weighted by Crippen LogP contribution is 2.41. The van der Waals surface area contributed by atoms with Crippen molar-refractivity contribution in [2.75, 3.05) is 7.11 Å². The summed E-state index contributed by atoms with van der Waals surface area (Å²) in [5.74, 6) is -0.425. The first-order valence-electron chi connectivity index (χ1n) is 11.2. The van der Waals surface area contributed by atoms with Crippen LogP contribution in [0.2, 0.25) is 5.02 Å². The summed E-state index contributed by atoms with van der Waals surface area (Å²) in [7, 11) is 1.58. The van der Waals surface area contributed by atoms with E-state index in [9.17, 15) is 14.7 Å². The van der Waals surface area contributed by atoms with E-state index in [4.69, 9.17) is 21.1 Å². The molecule has 1 fully saturated rings. The van der Waals surface area contributed by atoms with Gasteiger partial charge in [-0.2, -0.15) is 0 Å². The Morgan fingerprint density at radius 1 is 1.00 bits per heavy atom. The van der Waals surface area contributed by atoms with Crippen LogP contribution in [-0.2, 0) is 16.1 Å². The molecule has 180 valence electrons. The molecule has 0 bridgehead atoms. The van der Waals surface area contributed by atoms with E-state index in [1.165, 1.54) is 4.90 Å². The third-order valence-electron chi connectivity index (χ3n) is 5.70. The van der Waals surface area contributed by atoms with Crippen molar-refractivity contribution in [3.63, 3.8) is 0 Å². The van der Waals surface area contributed by atoms with Crippen LogP contribution in [0.4, 0.5) is 0 Å². The molecule has 1 amide bonds. The van der Waals surface area contributed by atoms with Gasteiger partial charge in [-0.25, -0.2) is 0 Å². The number of Topliss-reactive ketones (excluding diaryl/α,β-unsaturated/α-hetero) is 1. The summed E-state index contributed by atoms with van der Waals surface area (Å²) in [6, 6.07) is 20.2. The zero-order chi connectivity index (χ0) is 25.1. The Labute approximate surface area is 209 Å². The summed E-state index contributed by atoms with van der Waals surface area (Å²) in [6.45, 7) is 4.00. The van der Waals surface area contributed by atoms with Crippen LogP contribution in [0.15, 0.2) is 78.4 Å². The number of ketones is 1. The number of halogens is 1. The number of hydrogen-bond acceptors (Lipinski definition) is 5. The zero-order valence-electron chi connectivity index (χ0n) is 19.7. The van der Waals surface area contributed by atoms with Gasteiger partial charge in [0.25, 0.3) is 11.7 Å². The largest absolute Gasteiger partial charge is 0.507 e. The molecule has 1 saturated heterocycles. The normalized spacial score (nSPS) is 17.2. The topological polar surface area (TPSA) is 76.1 Å². The predicted molar refractivity (Wildman–Crippen MR) is 134 cm³/mol. The lowest BCUT2D eigenvalue weighted by atomic mass is 9.95. The van der Waals surface area contributed by atoms with Crippen LogP contribution in [0.25, 0.3) is 5.76 Å². The first-order chi connectivity index (χ1) is 16.8. The molecule has 3 aromatic rings. The number of amides is 1. The number of rotatable bonds is 7. The van der Waals surface area contributed by atoms with Crippen molar-refractivity contribution in [1.29, 1.82) is 0 Å². The number of carbonyl (C=O) groups excluding carboxylic acids is 2. The van der Waals surface area contributed by atoms with Crippen LogP contribution < -0.4 is 9.47 Å². The van der Waals surface area contributed by atoms with Crippen LogP contribution in [-0.4, -0.2) is 34.9 Å². The molecule has 1 aliphatic heterocycles. The van der Waals surface area contributed by atoms with Crippen molar-refractivity contribution >= 4 is 29.1 Å². The Morgan fingerprint density at radius 3 is 2.37 bits per heavy atom. The summed E-state index contributed by atoms with van der Waals surface area (Å²) in [5, 5.41) is 11.6. The summed E-state index contributed by atoms with van der Waals surface area (Å²) >= 11 is 6.12. The van der Waals surface area contributed by atoms with E-state index in [1.807, 2.05) is 38.1 Å². The maximum absolute atomic E-state index is 13.3. The monoisotopic (exact) mass is 491 g/mol. The van der Waals surface area contributed by atoms with Gasteiger partial charge in [-0.05, 0) is 61.4 Å². The maximum atomic E-state index is 13.3. The maximum Gasteiger partial charge on any atom is 0.295 e. The van der Waals surface area contributed by atoms with Crippen LogP contribution >= 0.6 is 11.6 Å². The van der Waals surface area contributed by atoms with Gasteiger partial charge in [0.05, 0.1) is 24.8 Å². The highest BCUT2D eigenvalue weighted by Gasteiger charge is 2.46. The number of hydrogen-bond donors (Lipinski definition) is 1. The fraction of sp³-hybridized carbons (Fsp3) is 0.214. The minimum absolute atomic E-state index is 0.00692. The Kier molecular flexibility index (Phi) is 7.12. The van der Waals surface area contributed by atoms with Gasteiger partial charge in [0.15, 0.2) is 0 Å². The molecule has 35 heavy (non-hydrogen) atoms. The lowest BCUT2D eigenvalue weighted by Crippen LogP contribution is -2.29. The standard InChI is InChI=1S/C28H26ClNO5/c1-17(2)35-23-9-5-6-19(15-23)25-24(26(31)20-7-4-8-21(29)14-20)27(32)28(33)30(25)16-18-10-12-22(34-3)13-11-18/h4-15,17,25,31H,16H2,1-3H3/b26-24-. The molecule has 1 heterocycles. The number of aliphatic hydroxyl groups excluding tert-OH is 1. The van der Waals surface area contributed by atoms with Gasteiger partial charge in [-0.15, -0.1) is 0 Å². The molecule has 1 atom stereocenters. The van der Waals surface area contributed by atoms with E-state index >= 15 is 0 Å². The Balaban J connectivity index is 1.84. The second kappa shape index (κ2) is 10.2. The van der Waals surface area contributed by atoms with Gasteiger partial charge in [0, 0.05) is 17.1 Å². The second-order valence-corrected chi connectivity index (χ2v) is 8.96. The number of aliphatic hydroxyl groups is 1. The molecular weight excluding hydrogens is 466 g/mol. The smallest absolute Gasteiger partial charge is 0.295 e. The average Bonchev–Trinajstić information content (AvgIpc) is 3.09. The van der Waals surface area contributed by atoms with Crippen molar-refractivity contribution in [3.8, 4) is 11.5 Å². The molecule has 0 radical (unpaired) electrons. The zero-order valence-corrected chi connectivity index (χ0v) is 20.5. The number of carbonyl (C=O) groups is 2. The van der Waals surface area contributed by atoms with Crippen LogP contribution in [0.3, 0.4) is 0 Å². The van der Waals surface area contributed by atoms with Crippen molar-refractivity contribution in [3.05, 3.63) is 100 Å². The molecule has 6 nitrogen and oxygen atoms in total. The van der Waals surface area contributed by atoms with Gasteiger partial charge in [0.1, 0.15) is 17.3 Å². The minimum atomic E-state index is -0.813. The minimum Gasteiger partial charge on any atom is -0.507 e. The third-order valence-corrected chi connectivity index (χ3v) is 5.93. The molecule has 0 aromatic heterocycles. The molecule has 1 N–H and O–H groups in total. The van der Waals surface area contributed by atoms with Crippen molar-refractivity contribution < 1.29 is 24.2 Å². The highest BCUT2D eigenvalue weighted by atomic mass is 35.5. The van der Waals surface area contributed by atoms with E-state index in [2.05, 4.69) is 0 Å². The first kappa shape index (κ1) is 24.4. The van der Waals surface area contributed by atoms with Crippen LogP contribution in [0, 0.1) is 0 Å². The lowest BCUT2D eigenvalue weighted by molar-refractivity contribution is -0.140. The van der Waals surface area contributed by atoms with Crippen LogP contribution in [0.1, 0.15) is 36.6 Å². The highest BCUT2D eigenvalue weighted by molar-refractivity contribution is 6.46. The Morgan fingerprint density at radius 2 is 1.71 bits per heavy atom. The van der Waals surface area contributed by atoms with E-state index in [0.29, 0.717) is 27.6 Å². The summed E-state index contributed by atoms with van der Waals surface area (Å²) in [5.41, 5.74) is 1.83. The van der Waals surface area contributed by atoms with E-state index in [1.54, 1.807) is 55.6 Å². The van der Waals surface area contributed by atoms with Gasteiger partial charge in [0.2, 0.25) is 0 Å². The number of nitrogens with zero attached hydrogens (tertiary/aromatic N) is 1. The van der Waals surface area contributed by atoms with E-state index in [0.717, 1.165) is 5.56 Å². The Hall–Kier alpha value is -3.77. The summed E-state index contributed by atoms with van der Waals surface area (Å²) in [6.07, 6.45) is -0.0534. The molecule has 0 aliphatic carbocycles. The molecule has 1 unspecified atom stereocenters. The van der Waals surface area contributed by atoms with Crippen molar-refractivity contribution in [2.24, 2.45) is 0 Å². The van der Waals surface area contributed by atoms with Crippen LogP contribution in [0.5, 0.6) is 11.5 Å². The number of methoxy groups -OCH3 is 1. The Bertz CT molecular complexity index is 1280. The van der Waals surface area contributed by atoms with Gasteiger partial charge in [-0.1, -0.05) is 48.0 Å². The average molecular weight is 492 g/mol. The number of likely N-dealkylation sites (tertiary alicyclic amines) is 1. The molecule has 4 rings (SSSR count). The summed E-state index contributed by atoms with van der Waals surface area (Å²) < 4.78 is 11.1. The number of ether oxygens (including phenoxy) is 2. The van der Waals surface area contributed by atoms with Crippen molar-refractivity contribution in [2.45, 2.75) is 32.5 Å². The van der Waals surface area contributed by atoms with Gasteiger partial charge >= 0.3 is 0 Å². The van der Waals surface area contributed by atoms with E-state index < -0.39 is 17.7 Å².